The van der Waals surface area contributed by atoms with Crippen LogP contribution in [-0.2, 0) is 21.3 Å². The van der Waals surface area contributed by atoms with E-state index in [1.54, 1.807) is 0 Å². The molecule has 0 spiro atoms. The van der Waals surface area contributed by atoms with E-state index in [9.17, 15) is 13.5 Å². The van der Waals surface area contributed by atoms with E-state index in [0.717, 1.165) is 9.13 Å². The monoisotopic (exact) mass is 429 g/mol. The van der Waals surface area contributed by atoms with Crippen molar-refractivity contribution < 1.29 is 22.8 Å². The van der Waals surface area contributed by atoms with Gasteiger partial charge in [0.05, 0.1) is 11.8 Å². The predicted octanol–water partition coefficient (Wildman–Crippen LogP) is 1.03. The number of hydrogen-bond acceptors (Lipinski definition) is 5. The summed E-state index contributed by atoms with van der Waals surface area (Å²) in [6, 6.07) is 7.54. The van der Waals surface area contributed by atoms with E-state index >= 15 is 0 Å². The molecule has 1 aromatic carbocycles. The van der Waals surface area contributed by atoms with Crippen molar-refractivity contribution in [2.75, 3.05) is 19.4 Å². The topological polar surface area (TPSA) is 95.9 Å². The summed E-state index contributed by atoms with van der Waals surface area (Å²) in [6.07, 6.45) is -0.175. The van der Waals surface area contributed by atoms with Crippen LogP contribution in [0.25, 0.3) is 0 Å². The van der Waals surface area contributed by atoms with Gasteiger partial charge in [-0.2, -0.15) is 8.42 Å². The first-order valence-corrected chi connectivity index (χ1v) is 9.14. The number of hydrogen-bond donors (Lipinski definition) is 3. The lowest BCUT2D eigenvalue weighted by Crippen LogP contribution is -2.43. The van der Waals surface area contributed by atoms with Crippen molar-refractivity contribution in [2.24, 2.45) is 0 Å². The Balaban J connectivity index is 2.53. The number of nitrogens with one attached hydrogen (secondary N) is 1. The van der Waals surface area contributed by atoms with Gasteiger partial charge in [0, 0.05) is 10.7 Å². The number of aliphatic hydroxyl groups is 1. The van der Waals surface area contributed by atoms with Gasteiger partial charge in [-0.15, -0.1) is 0 Å². The molecule has 0 aromatic heterocycles. The van der Waals surface area contributed by atoms with E-state index in [-0.39, 0.29) is 18.2 Å². The number of aliphatic hydroxyl groups excluding tert-OH is 1. The Kier molecular flexibility index (Phi) is 8.06. The van der Waals surface area contributed by atoms with E-state index in [0.29, 0.717) is 13.0 Å². The van der Waals surface area contributed by atoms with Crippen molar-refractivity contribution in [3.05, 3.63) is 33.4 Å². The molecule has 0 bridgehead atoms. The number of halogens is 1. The minimum absolute atomic E-state index is 0.262. The quantitative estimate of drug-likeness (QED) is 0.235. The minimum Gasteiger partial charge on any atom is -0.367 e. The van der Waals surface area contributed by atoms with Gasteiger partial charge < -0.3 is 15.2 Å². The SMILES string of the molecule is CO[C@@H](O)[C@@H](Cc1ccc(I)cc1)NCCCS(=O)(=O)O. The molecule has 2 atom stereocenters. The zero-order valence-electron chi connectivity index (χ0n) is 11.7. The summed E-state index contributed by atoms with van der Waals surface area (Å²) < 4.78 is 36.0. The first-order chi connectivity index (χ1) is 9.81. The van der Waals surface area contributed by atoms with Crippen LogP contribution in [0.3, 0.4) is 0 Å². The van der Waals surface area contributed by atoms with E-state index in [4.69, 9.17) is 9.29 Å². The van der Waals surface area contributed by atoms with Crippen molar-refractivity contribution in [1.82, 2.24) is 5.32 Å². The summed E-state index contributed by atoms with van der Waals surface area (Å²) in [5.41, 5.74) is 1.04. The summed E-state index contributed by atoms with van der Waals surface area (Å²) in [5.74, 6) is -0.306. The third kappa shape index (κ3) is 8.07. The van der Waals surface area contributed by atoms with Gasteiger partial charge in [0.25, 0.3) is 10.1 Å². The fourth-order valence-electron chi connectivity index (χ4n) is 1.85. The molecule has 0 aliphatic carbocycles. The molecule has 0 heterocycles. The first-order valence-electron chi connectivity index (χ1n) is 6.45. The van der Waals surface area contributed by atoms with Crippen molar-refractivity contribution in [1.29, 1.82) is 0 Å². The maximum Gasteiger partial charge on any atom is 0.264 e. The van der Waals surface area contributed by atoms with Crippen LogP contribution in [0.4, 0.5) is 0 Å². The maximum absolute atomic E-state index is 10.6. The molecule has 0 aliphatic rings. The summed E-state index contributed by atoms with van der Waals surface area (Å²) in [4.78, 5) is 0. The highest BCUT2D eigenvalue weighted by atomic mass is 127. The normalized spacial score (nSPS) is 14.9. The second kappa shape index (κ2) is 9.01. The molecule has 0 unspecified atom stereocenters. The molecule has 0 aliphatic heterocycles. The zero-order chi connectivity index (χ0) is 15.9. The van der Waals surface area contributed by atoms with E-state index in [2.05, 4.69) is 27.9 Å². The molecule has 21 heavy (non-hydrogen) atoms. The third-order valence-corrected chi connectivity index (χ3v) is 4.46. The van der Waals surface area contributed by atoms with Crippen LogP contribution >= 0.6 is 22.6 Å². The highest BCUT2D eigenvalue weighted by Crippen LogP contribution is 2.11. The van der Waals surface area contributed by atoms with Crippen LogP contribution in [0.2, 0.25) is 0 Å². The molecule has 0 saturated heterocycles. The average Bonchev–Trinajstić information content (AvgIpc) is 2.42. The van der Waals surface area contributed by atoms with Crippen molar-refractivity contribution in [2.45, 2.75) is 25.2 Å². The molecule has 1 rings (SSSR count). The molecule has 0 amide bonds. The van der Waals surface area contributed by atoms with Gasteiger partial charge in [-0.1, -0.05) is 12.1 Å². The van der Waals surface area contributed by atoms with E-state index < -0.39 is 16.4 Å². The van der Waals surface area contributed by atoms with Crippen molar-refractivity contribution in [3.8, 4) is 0 Å². The molecular formula is C13H20INO5S. The average molecular weight is 429 g/mol. The Morgan fingerprint density at radius 2 is 1.95 bits per heavy atom. The lowest BCUT2D eigenvalue weighted by molar-refractivity contribution is -0.0966. The summed E-state index contributed by atoms with van der Waals surface area (Å²) in [7, 11) is -2.54. The first kappa shape index (κ1) is 18.8. The van der Waals surface area contributed by atoms with Crippen molar-refractivity contribution in [3.63, 3.8) is 0 Å². The Morgan fingerprint density at radius 1 is 1.33 bits per heavy atom. The van der Waals surface area contributed by atoms with E-state index in [1.165, 1.54) is 7.11 Å². The number of ether oxygens (including phenoxy) is 1. The fraction of sp³-hybridized carbons (Fsp3) is 0.538. The Labute approximate surface area is 138 Å². The molecule has 0 radical (unpaired) electrons. The minimum atomic E-state index is -3.95. The van der Waals surface area contributed by atoms with Gasteiger partial charge in [-0.3, -0.25) is 4.55 Å². The van der Waals surface area contributed by atoms with E-state index in [1.807, 2.05) is 24.3 Å². The third-order valence-electron chi connectivity index (χ3n) is 2.94. The number of methoxy groups -OCH3 is 1. The Morgan fingerprint density at radius 3 is 2.48 bits per heavy atom. The second-order valence-corrected chi connectivity index (χ2v) is 7.47. The summed E-state index contributed by atoms with van der Waals surface area (Å²) >= 11 is 2.22. The molecule has 1 aromatic rings. The summed E-state index contributed by atoms with van der Waals surface area (Å²) in [6.45, 7) is 0.356. The Hall–Kier alpha value is -0.260. The Bertz CT molecular complexity index is 520. The largest absolute Gasteiger partial charge is 0.367 e. The lowest BCUT2D eigenvalue weighted by atomic mass is 10.1. The smallest absolute Gasteiger partial charge is 0.264 e. The molecule has 3 N–H and O–H groups in total. The lowest BCUT2D eigenvalue weighted by Gasteiger charge is -2.23. The highest BCUT2D eigenvalue weighted by Gasteiger charge is 2.18. The molecule has 0 fully saturated rings. The standard InChI is InChI=1S/C13H20INO5S/c1-20-13(16)12(15-7-2-8-21(17,18)19)9-10-3-5-11(14)6-4-10/h3-6,12-13,15-16H,2,7-9H2,1H3,(H,17,18,19)/t12-,13-/m1/s1. The van der Waals surface area contributed by atoms with Crippen LogP contribution in [0, 0.1) is 3.57 Å². The maximum atomic E-state index is 10.6. The number of rotatable bonds is 9. The van der Waals surface area contributed by atoms with Gasteiger partial charge in [0.1, 0.15) is 0 Å². The summed E-state index contributed by atoms with van der Waals surface area (Å²) in [5, 5.41) is 12.9. The molecule has 6 nitrogen and oxygen atoms in total. The van der Waals surface area contributed by atoms with Crippen LogP contribution in [0.1, 0.15) is 12.0 Å². The van der Waals surface area contributed by atoms with Crippen molar-refractivity contribution >= 4 is 32.7 Å². The predicted molar refractivity (Wildman–Crippen MR) is 88.7 cm³/mol. The number of benzene rings is 1. The van der Waals surface area contributed by atoms with Gasteiger partial charge in [0.2, 0.25) is 0 Å². The molecule has 0 saturated carbocycles. The highest BCUT2D eigenvalue weighted by molar-refractivity contribution is 14.1. The zero-order valence-corrected chi connectivity index (χ0v) is 14.7. The second-order valence-electron chi connectivity index (χ2n) is 4.66. The van der Waals surface area contributed by atoms with Crippen LogP contribution in [0.5, 0.6) is 0 Å². The van der Waals surface area contributed by atoms with Crippen LogP contribution in [-0.4, -0.2) is 49.8 Å². The van der Waals surface area contributed by atoms with Gasteiger partial charge in [-0.05, 0) is 59.7 Å². The van der Waals surface area contributed by atoms with Gasteiger partial charge >= 0.3 is 0 Å². The molecule has 120 valence electrons. The van der Waals surface area contributed by atoms with Gasteiger partial charge in [0.15, 0.2) is 6.29 Å². The van der Waals surface area contributed by atoms with Crippen LogP contribution < -0.4 is 5.32 Å². The van der Waals surface area contributed by atoms with Crippen LogP contribution in [0.15, 0.2) is 24.3 Å². The fourth-order valence-corrected chi connectivity index (χ4v) is 2.72. The molecule has 8 heteroatoms. The molecular weight excluding hydrogens is 409 g/mol. The van der Waals surface area contributed by atoms with Gasteiger partial charge in [-0.25, -0.2) is 0 Å².